The molecule has 1 amide bonds. The fourth-order valence-corrected chi connectivity index (χ4v) is 3.73. The zero-order valence-electron chi connectivity index (χ0n) is 18.8. The van der Waals surface area contributed by atoms with Crippen LogP contribution in [0.2, 0.25) is 0 Å². The van der Waals surface area contributed by atoms with E-state index in [4.69, 9.17) is 0 Å². The van der Waals surface area contributed by atoms with Crippen molar-refractivity contribution in [3.63, 3.8) is 0 Å². The topological polar surface area (TPSA) is 101 Å². The smallest absolute Gasteiger partial charge is 0.267 e. The SMILES string of the molecule is Cc1cc(C=C(C#N)C(=O)Nc2cc(C3CC3)nn2-c2ncccn2)c(C)n1CC(C)C. The lowest BCUT2D eigenvalue weighted by atomic mass is 10.1. The number of aromatic nitrogens is 5. The predicted octanol–water partition coefficient (Wildman–Crippen LogP) is 4.16. The third-order valence-corrected chi connectivity index (χ3v) is 5.53. The number of amides is 1. The maximum absolute atomic E-state index is 13.0. The number of anilines is 1. The fraction of sp³-hybridized carbons (Fsp3) is 0.375. The van der Waals surface area contributed by atoms with Gasteiger partial charge < -0.3 is 9.88 Å². The number of nitriles is 1. The van der Waals surface area contributed by atoms with E-state index in [0.29, 0.717) is 23.6 Å². The van der Waals surface area contributed by atoms with E-state index in [2.05, 4.69) is 38.8 Å². The summed E-state index contributed by atoms with van der Waals surface area (Å²) in [5.41, 5.74) is 3.94. The molecular weight excluding hydrogens is 402 g/mol. The van der Waals surface area contributed by atoms with E-state index in [-0.39, 0.29) is 5.57 Å². The van der Waals surface area contributed by atoms with Crippen LogP contribution >= 0.6 is 0 Å². The second-order valence-corrected chi connectivity index (χ2v) is 8.64. The number of rotatable bonds is 7. The standard InChI is InChI=1S/C24H27N7O/c1-15(2)14-30-16(3)10-19(17(30)4)11-20(13-25)23(32)28-22-12-21(18-6-7-18)29-31(22)24-26-8-5-9-27-24/h5,8-12,15,18H,6-7,14H2,1-4H3,(H,28,32). The molecular formula is C24H27N7O. The van der Waals surface area contributed by atoms with Gasteiger partial charge in [0.1, 0.15) is 17.5 Å². The van der Waals surface area contributed by atoms with Crippen LogP contribution in [-0.2, 0) is 11.3 Å². The molecule has 3 aromatic heterocycles. The van der Waals surface area contributed by atoms with E-state index in [9.17, 15) is 10.1 Å². The molecule has 3 aromatic rings. The van der Waals surface area contributed by atoms with Crippen molar-refractivity contribution >= 4 is 17.8 Å². The third-order valence-electron chi connectivity index (χ3n) is 5.53. The first-order valence-electron chi connectivity index (χ1n) is 10.8. The Labute approximate surface area is 187 Å². The molecule has 8 nitrogen and oxygen atoms in total. The predicted molar refractivity (Wildman–Crippen MR) is 122 cm³/mol. The first kappa shape index (κ1) is 21.5. The van der Waals surface area contributed by atoms with Gasteiger partial charge in [-0.3, -0.25) is 4.79 Å². The zero-order valence-corrected chi connectivity index (χ0v) is 18.8. The van der Waals surface area contributed by atoms with Gasteiger partial charge in [-0.25, -0.2) is 9.97 Å². The Hall–Kier alpha value is -3.73. The molecule has 0 aromatic carbocycles. The zero-order chi connectivity index (χ0) is 22.8. The van der Waals surface area contributed by atoms with Gasteiger partial charge in [0.25, 0.3) is 11.9 Å². The van der Waals surface area contributed by atoms with Gasteiger partial charge in [-0.2, -0.15) is 15.0 Å². The summed E-state index contributed by atoms with van der Waals surface area (Å²) in [6.45, 7) is 9.27. The third kappa shape index (κ3) is 4.47. The lowest BCUT2D eigenvalue weighted by Crippen LogP contribution is -2.17. The highest BCUT2D eigenvalue weighted by Crippen LogP contribution is 2.40. The Kier molecular flexibility index (Phi) is 5.91. The van der Waals surface area contributed by atoms with Crippen LogP contribution in [0.15, 0.2) is 36.2 Å². The largest absolute Gasteiger partial charge is 0.348 e. The monoisotopic (exact) mass is 429 g/mol. The summed E-state index contributed by atoms with van der Waals surface area (Å²) < 4.78 is 3.74. The van der Waals surface area contributed by atoms with Crippen molar-refractivity contribution in [2.75, 3.05) is 5.32 Å². The Morgan fingerprint density at radius 1 is 1.28 bits per heavy atom. The molecule has 1 N–H and O–H groups in total. The molecule has 32 heavy (non-hydrogen) atoms. The molecule has 3 heterocycles. The molecule has 0 bridgehead atoms. The van der Waals surface area contributed by atoms with Gasteiger partial charge in [-0.05, 0) is 56.4 Å². The van der Waals surface area contributed by atoms with Gasteiger partial charge in [0.2, 0.25) is 0 Å². The Bertz CT molecular complexity index is 1210. The van der Waals surface area contributed by atoms with Crippen molar-refractivity contribution in [2.45, 2.75) is 53.0 Å². The molecule has 0 atom stereocenters. The average Bonchev–Trinajstić information content (AvgIpc) is 3.49. The van der Waals surface area contributed by atoms with Crippen LogP contribution in [0.3, 0.4) is 0 Å². The summed E-state index contributed by atoms with van der Waals surface area (Å²) in [4.78, 5) is 21.5. The van der Waals surface area contributed by atoms with E-state index in [1.807, 2.05) is 32.0 Å². The van der Waals surface area contributed by atoms with Gasteiger partial charge >= 0.3 is 0 Å². The average molecular weight is 430 g/mol. The molecule has 1 saturated carbocycles. The molecule has 0 spiro atoms. The quantitative estimate of drug-likeness (QED) is 0.449. The number of nitrogens with one attached hydrogen (secondary N) is 1. The van der Waals surface area contributed by atoms with Crippen LogP contribution in [0.4, 0.5) is 5.82 Å². The maximum Gasteiger partial charge on any atom is 0.267 e. The minimum atomic E-state index is -0.486. The highest BCUT2D eigenvalue weighted by Gasteiger charge is 2.28. The summed E-state index contributed by atoms with van der Waals surface area (Å²) in [7, 11) is 0. The normalized spacial score (nSPS) is 13.9. The van der Waals surface area contributed by atoms with E-state index in [0.717, 1.165) is 42.0 Å². The van der Waals surface area contributed by atoms with Crippen LogP contribution in [-0.4, -0.2) is 30.2 Å². The number of aryl methyl sites for hydroxylation is 1. The first-order chi connectivity index (χ1) is 15.4. The van der Waals surface area contributed by atoms with Crippen LogP contribution in [0.25, 0.3) is 12.0 Å². The molecule has 1 aliphatic rings. The van der Waals surface area contributed by atoms with Gasteiger partial charge in [0, 0.05) is 42.3 Å². The number of carbonyl (C=O) groups is 1. The second kappa shape index (κ2) is 8.79. The van der Waals surface area contributed by atoms with Gasteiger partial charge in [0.05, 0.1) is 5.69 Å². The van der Waals surface area contributed by atoms with E-state index < -0.39 is 5.91 Å². The molecule has 1 aliphatic carbocycles. The molecule has 4 rings (SSSR count). The van der Waals surface area contributed by atoms with Crippen molar-refractivity contribution in [3.05, 3.63) is 58.8 Å². The Morgan fingerprint density at radius 3 is 2.62 bits per heavy atom. The number of nitrogens with zero attached hydrogens (tertiary/aromatic N) is 6. The highest BCUT2D eigenvalue weighted by atomic mass is 16.1. The van der Waals surface area contributed by atoms with Crippen LogP contribution in [0.5, 0.6) is 0 Å². The molecule has 164 valence electrons. The van der Waals surface area contributed by atoms with Crippen LogP contribution in [0, 0.1) is 31.1 Å². The summed E-state index contributed by atoms with van der Waals surface area (Å²) in [6, 6.07) is 7.62. The first-order valence-corrected chi connectivity index (χ1v) is 10.8. The Balaban J connectivity index is 1.63. The summed E-state index contributed by atoms with van der Waals surface area (Å²) in [5, 5.41) is 17.1. The second-order valence-electron chi connectivity index (χ2n) is 8.64. The number of carbonyl (C=O) groups excluding carboxylic acids is 1. The maximum atomic E-state index is 13.0. The number of hydrogen-bond donors (Lipinski definition) is 1. The van der Waals surface area contributed by atoms with E-state index >= 15 is 0 Å². The lowest BCUT2D eigenvalue weighted by Gasteiger charge is -2.12. The van der Waals surface area contributed by atoms with Gasteiger partial charge in [-0.1, -0.05) is 13.8 Å². The van der Waals surface area contributed by atoms with Gasteiger partial charge in [-0.15, -0.1) is 0 Å². The summed E-state index contributed by atoms with van der Waals surface area (Å²) in [5.74, 6) is 1.23. The van der Waals surface area contributed by atoms with Crippen LogP contribution in [0.1, 0.15) is 55.3 Å². The molecule has 1 fully saturated rings. The van der Waals surface area contributed by atoms with E-state index in [1.165, 1.54) is 4.68 Å². The van der Waals surface area contributed by atoms with Crippen molar-refractivity contribution in [2.24, 2.45) is 5.92 Å². The van der Waals surface area contributed by atoms with Crippen LogP contribution < -0.4 is 5.32 Å². The molecule has 0 saturated heterocycles. The minimum Gasteiger partial charge on any atom is -0.348 e. The van der Waals surface area contributed by atoms with Crippen molar-refractivity contribution in [3.8, 4) is 12.0 Å². The highest BCUT2D eigenvalue weighted by molar-refractivity contribution is 6.09. The molecule has 0 unspecified atom stereocenters. The van der Waals surface area contributed by atoms with E-state index in [1.54, 1.807) is 24.5 Å². The molecule has 0 aliphatic heterocycles. The van der Waals surface area contributed by atoms with Crippen molar-refractivity contribution in [1.29, 1.82) is 5.26 Å². The Morgan fingerprint density at radius 2 is 2.00 bits per heavy atom. The lowest BCUT2D eigenvalue weighted by molar-refractivity contribution is -0.112. The van der Waals surface area contributed by atoms with Crippen molar-refractivity contribution in [1.82, 2.24) is 24.3 Å². The summed E-state index contributed by atoms with van der Waals surface area (Å²) >= 11 is 0. The van der Waals surface area contributed by atoms with Gasteiger partial charge in [0.15, 0.2) is 0 Å². The number of hydrogen-bond acceptors (Lipinski definition) is 5. The summed E-state index contributed by atoms with van der Waals surface area (Å²) in [6.07, 6.45) is 7.06. The molecule has 8 heteroatoms. The van der Waals surface area contributed by atoms with Crippen molar-refractivity contribution < 1.29 is 4.79 Å². The fourth-order valence-electron chi connectivity index (χ4n) is 3.73. The molecule has 0 radical (unpaired) electrons. The minimum absolute atomic E-state index is 0.0319.